The van der Waals surface area contributed by atoms with E-state index in [1.165, 1.54) is 12.3 Å². The van der Waals surface area contributed by atoms with Gasteiger partial charge in [-0.05, 0) is 12.1 Å². The van der Waals surface area contributed by atoms with Crippen molar-refractivity contribution in [3.63, 3.8) is 0 Å². The van der Waals surface area contributed by atoms with E-state index in [2.05, 4.69) is 9.97 Å². The van der Waals surface area contributed by atoms with Gasteiger partial charge in [-0.3, -0.25) is 14.9 Å². The van der Waals surface area contributed by atoms with Crippen molar-refractivity contribution in [2.24, 2.45) is 0 Å². The number of thioether (sulfide) groups is 1. The van der Waals surface area contributed by atoms with Crippen molar-refractivity contribution >= 4 is 34.3 Å². The number of fused-ring (bicyclic) bond motifs is 1. The molecule has 0 aliphatic rings. The standard InChI is InChI=1S/C13H9N3O4S/c17-11(10-5-8(6-14-10)16(18)19)7-21-13-15-9-3-1-2-4-12(9)20-13/h1-6,14H,7H2. The Balaban J connectivity index is 1.68. The molecule has 2 heterocycles. The molecule has 0 aliphatic heterocycles. The van der Waals surface area contributed by atoms with E-state index in [9.17, 15) is 14.9 Å². The Morgan fingerprint density at radius 2 is 2.24 bits per heavy atom. The number of para-hydroxylation sites is 2. The molecule has 0 atom stereocenters. The van der Waals surface area contributed by atoms with Crippen molar-refractivity contribution in [2.75, 3.05) is 5.75 Å². The molecule has 8 heteroatoms. The third-order valence-electron chi connectivity index (χ3n) is 2.78. The van der Waals surface area contributed by atoms with Crippen LogP contribution in [0.15, 0.2) is 46.2 Å². The maximum Gasteiger partial charge on any atom is 0.287 e. The SMILES string of the molecule is O=C(CSc1nc2ccccc2o1)c1cc([N+](=O)[O-])c[nH]1. The first-order valence-electron chi connectivity index (χ1n) is 5.98. The van der Waals surface area contributed by atoms with Crippen molar-refractivity contribution in [1.29, 1.82) is 0 Å². The molecule has 2 aromatic heterocycles. The lowest BCUT2D eigenvalue weighted by atomic mass is 10.3. The molecule has 7 nitrogen and oxygen atoms in total. The van der Waals surface area contributed by atoms with Crippen LogP contribution in [-0.4, -0.2) is 26.4 Å². The molecular formula is C13H9N3O4S. The third kappa shape index (κ3) is 2.79. The second-order valence-corrected chi connectivity index (χ2v) is 5.11. The average molecular weight is 303 g/mol. The molecule has 0 bridgehead atoms. The van der Waals surface area contributed by atoms with E-state index in [0.29, 0.717) is 10.8 Å². The monoisotopic (exact) mass is 303 g/mol. The Bertz CT molecular complexity index is 791. The predicted molar refractivity (Wildman–Crippen MR) is 76.5 cm³/mol. The van der Waals surface area contributed by atoms with Gasteiger partial charge < -0.3 is 9.40 Å². The number of aromatic nitrogens is 2. The van der Waals surface area contributed by atoms with Crippen LogP contribution in [0.2, 0.25) is 0 Å². The van der Waals surface area contributed by atoms with Gasteiger partial charge >= 0.3 is 0 Å². The zero-order valence-corrected chi connectivity index (χ0v) is 11.4. The molecule has 1 N–H and O–H groups in total. The van der Waals surface area contributed by atoms with Crippen molar-refractivity contribution in [1.82, 2.24) is 9.97 Å². The predicted octanol–water partition coefficient (Wildman–Crippen LogP) is 3.04. The molecule has 3 rings (SSSR count). The van der Waals surface area contributed by atoms with Crippen LogP contribution in [0.3, 0.4) is 0 Å². The number of carbonyl (C=O) groups is 1. The molecular weight excluding hydrogens is 294 g/mol. The zero-order valence-electron chi connectivity index (χ0n) is 10.6. The van der Waals surface area contributed by atoms with Crippen molar-refractivity contribution < 1.29 is 14.1 Å². The number of nitro groups is 1. The number of nitrogens with zero attached hydrogens (tertiary/aromatic N) is 2. The third-order valence-corrected chi connectivity index (χ3v) is 3.61. The minimum atomic E-state index is -0.554. The molecule has 3 aromatic rings. The number of hydrogen-bond donors (Lipinski definition) is 1. The minimum Gasteiger partial charge on any atom is -0.431 e. The summed E-state index contributed by atoms with van der Waals surface area (Å²) in [6, 6.07) is 8.52. The van der Waals surface area contributed by atoms with E-state index in [4.69, 9.17) is 4.42 Å². The minimum absolute atomic E-state index is 0.0878. The first kappa shape index (κ1) is 13.4. The quantitative estimate of drug-likeness (QED) is 0.336. The summed E-state index contributed by atoms with van der Waals surface area (Å²) in [4.78, 5) is 28.8. The number of hydrogen-bond acceptors (Lipinski definition) is 6. The Morgan fingerprint density at radius 3 is 2.95 bits per heavy atom. The number of H-pyrrole nitrogens is 1. The van der Waals surface area contributed by atoms with Crippen LogP contribution in [0.5, 0.6) is 0 Å². The van der Waals surface area contributed by atoms with E-state index in [0.717, 1.165) is 17.3 Å². The van der Waals surface area contributed by atoms with Gasteiger partial charge in [0, 0.05) is 6.07 Å². The lowest BCUT2D eigenvalue weighted by molar-refractivity contribution is -0.384. The summed E-state index contributed by atoms with van der Waals surface area (Å²) in [6.07, 6.45) is 1.19. The molecule has 0 saturated heterocycles. The summed E-state index contributed by atoms with van der Waals surface area (Å²) in [5.41, 5.74) is 1.45. The van der Waals surface area contributed by atoms with E-state index in [1.54, 1.807) is 6.07 Å². The second kappa shape index (κ2) is 5.41. The highest BCUT2D eigenvalue weighted by atomic mass is 32.2. The number of aromatic amines is 1. The smallest absolute Gasteiger partial charge is 0.287 e. The molecule has 0 unspecified atom stereocenters. The summed E-state index contributed by atoms with van der Waals surface area (Å²) in [5, 5.41) is 11.0. The fourth-order valence-electron chi connectivity index (χ4n) is 1.77. The second-order valence-electron chi connectivity index (χ2n) is 4.19. The van der Waals surface area contributed by atoms with Gasteiger partial charge in [0.15, 0.2) is 11.4 Å². The summed E-state index contributed by atoms with van der Waals surface area (Å²) < 4.78 is 5.48. The van der Waals surface area contributed by atoms with Gasteiger partial charge in [-0.1, -0.05) is 23.9 Å². The molecule has 0 fully saturated rings. The van der Waals surface area contributed by atoms with E-state index in [-0.39, 0.29) is 22.9 Å². The van der Waals surface area contributed by atoms with Gasteiger partial charge in [0.05, 0.1) is 22.6 Å². The maximum atomic E-state index is 11.9. The van der Waals surface area contributed by atoms with Crippen LogP contribution >= 0.6 is 11.8 Å². The van der Waals surface area contributed by atoms with Crippen molar-refractivity contribution in [2.45, 2.75) is 5.22 Å². The van der Waals surface area contributed by atoms with Crippen LogP contribution in [0.1, 0.15) is 10.5 Å². The highest BCUT2D eigenvalue weighted by molar-refractivity contribution is 7.99. The average Bonchev–Trinajstić information content (AvgIpc) is 3.11. The normalized spacial score (nSPS) is 10.9. The zero-order chi connectivity index (χ0) is 14.8. The molecule has 106 valence electrons. The topological polar surface area (TPSA) is 102 Å². The van der Waals surface area contributed by atoms with Gasteiger partial charge in [-0.2, -0.15) is 0 Å². The molecule has 0 amide bonds. The summed E-state index contributed by atoms with van der Waals surface area (Å²) in [5.74, 6) is -0.167. The molecule has 21 heavy (non-hydrogen) atoms. The molecule has 0 saturated carbocycles. The van der Waals surface area contributed by atoms with Crippen molar-refractivity contribution in [3.8, 4) is 0 Å². The number of oxazole rings is 1. The fraction of sp³-hybridized carbons (Fsp3) is 0.0769. The largest absolute Gasteiger partial charge is 0.431 e. The Kier molecular flexibility index (Phi) is 3.44. The van der Waals surface area contributed by atoms with Gasteiger partial charge in [0.2, 0.25) is 0 Å². The lowest BCUT2D eigenvalue weighted by Crippen LogP contribution is -2.02. The van der Waals surface area contributed by atoms with E-state index in [1.807, 2.05) is 18.2 Å². The summed E-state index contributed by atoms with van der Waals surface area (Å²) in [6.45, 7) is 0. The Hall–Kier alpha value is -2.61. The first-order chi connectivity index (χ1) is 10.1. The van der Waals surface area contributed by atoms with Crippen LogP contribution in [-0.2, 0) is 0 Å². The van der Waals surface area contributed by atoms with E-state index < -0.39 is 4.92 Å². The van der Waals surface area contributed by atoms with Gasteiger partial charge in [0.25, 0.3) is 10.9 Å². The van der Waals surface area contributed by atoms with Crippen LogP contribution in [0.4, 0.5) is 5.69 Å². The Labute approximate surface area is 122 Å². The summed E-state index contributed by atoms with van der Waals surface area (Å²) >= 11 is 1.15. The van der Waals surface area contributed by atoms with Crippen LogP contribution in [0.25, 0.3) is 11.1 Å². The molecule has 0 spiro atoms. The van der Waals surface area contributed by atoms with Gasteiger partial charge in [0.1, 0.15) is 5.52 Å². The molecule has 0 aliphatic carbocycles. The summed E-state index contributed by atoms with van der Waals surface area (Å²) in [7, 11) is 0. The number of nitrogens with one attached hydrogen (secondary N) is 1. The van der Waals surface area contributed by atoms with Crippen LogP contribution < -0.4 is 0 Å². The number of Topliss-reactive ketones (excluding diaryl/α,β-unsaturated/α-hetero) is 1. The number of ketones is 1. The van der Waals surface area contributed by atoms with Crippen molar-refractivity contribution in [3.05, 3.63) is 52.3 Å². The molecule has 0 radical (unpaired) electrons. The van der Waals surface area contributed by atoms with Gasteiger partial charge in [-0.25, -0.2) is 4.98 Å². The maximum absolute atomic E-state index is 11.9. The number of benzene rings is 1. The first-order valence-corrected chi connectivity index (χ1v) is 6.96. The number of carbonyl (C=O) groups excluding carboxylic acids is 1. The Morgan fingerprint density at radius 1 is 1.43 bits per heavy atom. The lowest BCUT2D eigenvalue weighted by Gasteiger charge is -1.94. The number of rotatable bonds is 5. The van der Waals surface area contributed by atoms with Gasteiger partial charge in [-0.15, -0.1) is 0 Å². The highest BCUT2D eigenvalue weighted by Gasteiger charge is 2.16. The van der Waals surface area contributed by atoms with Crippen LogP contribution in [0, 0.1) is 10.1 Å². The van der Waals surface area contributed by atoms with E-state index >= 15 is 0 Å². The fourth-order valence-corrected chi connectivity index (χ4v) is 2.49. The molecule has 1 aromatic carbocycles. The highest BCUT2D eigenvalue weighted by Crippen LogP contribution is 2.24.